The van der Waals surface area contributed by atoms with Gasteiger partial charge in [-0.3, -0.25) is 4.90 Å². The second-order valence-corrected chi connectivity index (χ2v) is 6.95. The minimum Gasteiger partial charge on any atom is -0.306 e. The zero-order valence-corrected chi connectivity index (χ0v) is 16.2. The van der Waals surface area contributed by atoms with Crippen molar-refractivity contribution in [2.45, 2.75) is 39.9 Å². The van der Waals surface area contributed by atoms with Crippen molar-refractivity contribution in [2.24, 2.45) is 0 Å². The van der Waals surface area contributed by atoms with Gasteiger partial charge in [-0.15, -0.1) is 0 Å². The lowest BCUT2D eigenvalue weighted by molar-refractivity contribution is 0.296. The molecule has 0 aliphatic heterocycles. The van der Waals surface area contributed by atoms with Gasteiger partial charge in [0, 0.05) is 19.1 Å². The molecular formula is C24H30N2. The summed E-state index contributed by atoms with van der Waals surface area (Å²) in [4.78, 5) is 2.45. The average Bonchev–Trinajstić information content (AvgIpc) is 2.70. The number of fused-ring (bicyclic) bond motifs is 1. The van der Waals surface area contributed by atoms with E-state index in [9.17, 15) is 0 Å². The van der Waals surface area contributed by atoms with E-state index in [1.165, 1.54) is 27.5 Å². The van der Waals surface area contributed by atoms with E-state index < -0.39 is 0 Å². The Hall–Kier alpha value is -2.16. The number of nitrogens with one attached hydrogen (secondary N) is 1. The molecular weight excluding hydrogens is 316 g/mol. The van der Waals surface area contributed by atoms with E-state index in [0.29, 0.717) is 6.04 Å². The molecule has 3 aromatic carbocycles. The number of rotatable bonds is 8. The van der Waals surface area contributed by atoms with Gasteiger partial charge < -0.3 is 5.32 Å². The topological polar surface area (TPSA) is 15.3 Å². The largest absolute Gasteiger partial charge is 0.306 e. The smallest absolute Gasteiger partial charge is 0.0301 e. The molecule has 0 saturated heterocycles. The van der Waals surface area contributed by atoms with Gasteiger partial charge in [-0.05, 0) is 47.5 Å². The number of nitrogens with zero attached hydrogens (tertiary/aromatic N) is 1. The molecule has 0 fully saturated rings. The molecule has 2 nitrogen and oxygen atoms in total. The highest BCUT2D eigenvalue weighted by Crippen LogP contribution is 2.24. The molecule has 0 radical (unpaired) electrons. The lowest BCUT2D eigenvalue weighted by atomic mass is 9.99. The molecule has 0 heterocycles. The maximum atomic E-state index is 3.70. The Bertz CT molecular complexity index is 831. The Balaban J connectivity index is 1.68. The molecule has 26 heavy (non-hydrogen) atoms. The third kappa shape index (κ3) is 4.51. The van der Waals surface area contributed by atoms with E-state index in [2.05, 4.69) is 97.7 Å². The van der Waals surface area contributed by atoms with Crippen molar-refractivity contribution in [3.63, 3.8) is 0 Å². The third-order valence-electron chi connectivity index (χ3n) is 5.19. The van der Waals surface area contributed by atoms with Gasteiger partial charge in [0.2, 0.25) is 0 Å². The SMILES string of the molecule is CCN(CC)Cc1cccc(CN[C@H](C)c2cccc3ccccc23)c1. The molecule has 0 unspecified atom stereocenters. The van der Waals surface area contributed by atoms with Crippen LogP contribution in [0.2, 0.25) is 0 Å². The van der Waals surface area contributed by atoms with Crippen LogP contribution in [0.25, 0.3) is 10.8 Å². The minimum absolute atomic E-state index is 0.313. The first-order valence-corrected chi connectivity index (χ1v) is 9.72. The Morgan fingerprint density at radius 2 is 1.54 bits per heavy atom. The van der Waals surface area contributed by atoms with Gasteiger partial charge in [0.1, 0.15) is 0 Å². The molecule has 136 valence electrons. The van der Waals surface area contributed by atoms with Gasteiger partial charge in [-0.2, -0.15) is 0 Å². The summed E-state index contributed by atoms with van der Waals surface area (Å²) in [6.07, 6.45) is 0. The van der Waals surface area contributed by atoms with Crippen molar-refractivity contribution >= 4 is 10.8 Å². The first-order valence-electron chi connectivity index (χ1n) is 9.72. The summed E-state index contributed by atoms with van der Waals surface area (Å²) in [6.45, 7) is 10.8. The summed E-state index contributed by atoms with van der Waals surface area (Å²) >= 11 is 0. The lowest BCUT2D eigenvalue weighted by Crippen LogP contribution is -2.22. The highest BCUT2D eigenvalue weighted by Gasteiger charge is 2.09. The van der Waals surface area contributed by atoms with Crippen LogP contribution in [0.15, 0.2) is 66.7 Å². The Morgan fingerprint density at radius 1 is 0.846 bits per heavy atom. The predicted octanol–water partition coefficient (Wildman–Crippen LogP) is 5.53. The maximum absolute atomic E-state index is 3.70. The van der Waals surface area contributed by atoms with Crippen LogP contribution in [0.3, 0.4) is 0 Å². The molecule has 0 saturated carbocycles. The number of benzene rings is 3. The molecule has 2 heteroatoms. The van der Waals surface area contributed by atoms with Crippen LogP contribution >= 0.6 is 0 Å². The van der Waals surface area contributed by atoms with Crippen molar-refractivity contribution in [1.82, 2.24) is 10.2 Å². The van der Waals surface area contributed by atoms with Crippen LogP contribution in [0.4, 0.5) is 0 Å². The molecule has 1 N–H and O–H groups in total. The molecule has 3 rings (SSSR count). The Kier molecular flexibility index (Phi) is 6.43. The summed E-state index contributed by atoms with van der Waals surface area (Å²) in [5.41, 5.74) is 4.11. The van der Waals surface area contributed by atoms with Gasteiger partial charge >= 0.3 is 0 Å². The van der Waals surface area contributed by atoms with E-state index in [4.69, 9.17) is 0 Å². The first kappa shape index (κ1) is 18.6. The molecule has 0 bridgehead atoms. The fourth-order valence-corrected chi connectivity index (χ4v) is 3.55. The van der Waals surface area contributed by atoms with E-state index in [1.807, 2.05) is 0 Å². The van der Waals surface area contributed by atoms with Gasteiger partial charge in [0.15, 0.2) is 0 Å². The zero-order valence-electron chi connectivity index (χ0n) is 16.2. The summed E-state index contributed by atoms with van der Waals surface area (Å²) in [5, 5.41) is 6.35. The summed E-state index contributed by atoms with van der Waals surface area (Å²) in [7, 11) is 0. The highest BCUT2D eigenvalue weighted by atomic mass is 15.1. The quantitative estimate of drug-likeness (QED) is 0.577. The Morgan fingerprint density at radius 3 is 2.35 bits per heavy atom. The van der Waals surface area contributed by atoms with Crippen LogP contribution in [-0.2, 0) is 13.1 Å². The fourth-order valence-electron chi connectivity index (χ4n) is 3.55. The maximum Gasteiger partial charge on any atom is 0.0301 e. The van der Waals surface area contributed by atoms with Crippen LogP contribution in [0.5, 0.6) is 0 Å². The molecule has 0 aliphatic carbocycles. The molecule has 1 atom stereocenters. The van der Waals surface area contributed by atoms with Crippen molar-refractivity contribution in [3.8, 4) is 0 Å². The predicted molar refractivity (Wildman–Crippen MR) is 112 cm³/mol. The van der Waals surface area contributed by atoms with Crippen molar-refractivity contribution in [2.75, 3.05) is 13.1 Å². The molecule has 0 aliphatic rings. The number of hydrogen-bond acceptors (Lipinski definition) is 2. The third-order valence-corrected chi connectivity index (χ3v) is 5.19. The van der Waals surface area contributed by atoms with Gasteiger partial charge in [0.05, 0.1) is 0 Å². The van der Waals surface area contributed by atoms with E-state index in [0.717, 1.165) is 26.2 Å². The van der Waals surface area contributed by atoms with Gasteiger partial charge in [0.25, 0.3) is 0 Å². The van der Waals surface area contributed by atoms with E-state index in [1.54, 1.807) is 0 Å². The molecule has 0 aromatic heterocycles. The lowest BCUT2D eigenvalue weighted by Gasteiger charge is -2.19. The van der Waals surface area contributed by atoms with Crippen molar-refractivity contribution in [1.29, 1.82) is 0 Å². The summed E-state index contributed by atoms with van der Waals surface area (Å²) in [6, 6.07) is 24.5. The average molecular weight is 347 g/mol. The standard InChI is InChI=1S/C24H30N2/c1-4-26(5-2)18-21-11-8-10-20(16-21)17-25-19(3)23-15-9-13-22-12-6-7-14-24(22)23/h6-16,19,25H,4-5,17-18H2,1-3H3/t19-/m1/s1. The van der Waals surface area contributed by atoms with E-state index >= 15 is 0 Å². The molecule has 0 amide bonds. The Labute approximate surface area is 157 Å². The normalized spacial score (nSPS) is 12.6. The first-order chi connectivity index (χ1) is 12.7. The number of hydrogen-bond donors (Lipinski definition) is 1. The monoisotopic (exact) mass is 346 g/mol. The van der Waals surface area contributed by atoms with Crippen molar-refractivity contribution in [3.05, 3.63) is 83.4 Å². The fraction of sp³-hybridized carbons (Fsp3) is 0.333. The minimum atomic E-state index is 0.313. The molecule has 0 spiro atoms. The zero-order chi connectivity index (χ0) is 18.4. The van der Waals surface area contributed by atoms with Crippen molar-refractivity contribution < 1.29 is 0 Å². The second-order valence-electron chi connectivity index (χ2n) is 6.95. The van der Waals surface area contributed by atoms with Crippen LogP contribution in [-0.4, -0.2) is 18.0 Å². The van der Waals surface area contributed by atoms with Crippen LogP contribution in [0.1, 0.15) is 43.5 Å². The van der Waals surface area contributed by atoms with Crippen LogP contribution in [0, 0.1) is 0 Å². The summed E-state index contributed by atoms with van der Waals surface area (Å²) < 4.78 is 0. The molecule has 3 aromatic rings. The summed E-state index contributed by atoms with van der Waals surface area (Å²) in [5.74, 6) is 0. The van der Waals surface area contributed by atoms with Gasteiger partial charge in [-0.25, -0.2) is 0 Å². The second kappa shape index (κ2) is 8.98. The highest BCUT2D eigenvalue weighted by molar-refractivity contribution is 5.86. The van der Waals surface area contributed by atoms with Gasteiger partial charge in [-0.1, -0.05) is 80.6 Å². The van der Waals surface area contributed by atoms with Crippen LogP contribution < -0.4 is 5.32 Å². The van der Waals surface area contributed by atoms with E-state index in [-0.39, 0.29) is 0 Å².